The molecule has 0 aliphatic carbocycles. The van der Waals surface area contributed by atoms with E-state index < -0.39 is 0 Å². The van der Waals surface area contributed by atoms with Crippen LogP contribution < -0.4 is 10.9 Å². The molecule has 0 aromatic carbocycles. The van der Waals surface area contributed by atoms with Crippen molar-refractivity contribution in [2.75, 3.05) is 25.6 Å². The van der Waals surface area contributed by atoms with Gasteiger partial charge in [0.2, 0.25) is 11.5 Å². The van der Waals surface area contributed by atoms with Gasteiger partial charge in [0.05, 0.1) is 0 Å². The van der Waals surface area contributed by atoms with Crippen LogP contribution >= 0.6 is 0 Å². The van der Waals surface area contributed by atoms with Gasteiger partial charge in [-0.15, -0.1) is 0 Å². The third kappa shape index (κ3) is 3.01. The number of anilines is 1. The molecule has 2 aromatic rings. The van der Waals surface area contributed by atoms with Gasteiger partial charge >= 0.3 is 0 Å². The van der Waals surface area contributed by atoms with Gasteiger partial charge in [-0.1, -0.05) is 0 Å². The molecular formula is C11H14N4O2. The molecule has 2 heterocycles. The molecule has 90 valence electrons. The summed E-state index contributed by atoms with van der Waals surface area (Å²) < 4.78 is 4.94. The van der Waals surface area contributed by atoms with E-state index in [-0.39, 0.29) is 5.56 Å². The van der Waals surface area contributed by atoms with Crippen molar-refractivity contribution in [1.82, 2.24) is 15.0 Å². The van der Waals surface area contributed by atoms with Gasteiger partial charge in [-0.2, -0.15) is 4.98 Å². The second-order valence-corrected chi connectivity index (χ2v) is 3.59. The fourth-order valence-electron chi connectivity index (χ4n) is 1.44. The summed E-state index contributed by atoms with van der Waals surface area (Å²) in [6.07, 6.45) is 2.56. The Morgan fingerprint density at radius 3 is 3.18 bits per heavy atom. The van der Waals surface area contributed by atoms with E-state index in [0.717, 1.165) is 18.4 Å². The van der Waals surface area contributed by atoms with E-state index in [1.807, 2.05) is 0 Å². The first-order chi connectivity index (χ1) is 8.29. The summed E-state index contributed by atoms with van der Waals surface area (Å²) in [6, 6.07) is 3.15. The molecule has 17 heavy (non-hydrogen) atoms. The van der Waals surface area contributed by atoms with Gasteiger partial charge in [-0.05, 0) is 12.5 Å². The van der Waals surface area contributed by atoms with E-state index >= 15 is 0 Å². The van der Waals surface area contributed by atoms with Crippen LogP contribution in [0.4, 0.5) is 5.95 Å². The van der Waals surface area contributed by atoms with Gasteiger partial charge in [-0.25, -0.2) is 4.98 Å². The third-order valence-corrected chi connectivity index (χ3v) is 2.28. The lowest BCUT2D eigenvalue weighted by molar-refractivity contribution is 0.197. The fraction of sp³-hybridized carbons (Fsp3) is 0.364. The topological polar surface area (TPSA) is 79.9 Å². The first kappa shape index (κ1) is 11.5. The van der Waals surface area contributed by atoms with Crippen molar-refractivity contribution < 1.29 is 4.74 Å². The Bertz CT molecular complexity index is 552. The fourth-order valence-corrected chi connectivity index (χ4v) is 1.44. The van der Waals surface area contributed by atoms with Gasteiger partial charge in [0.1, 0.15) is 5.65 Å². The number of pyridine rings is 1. The van der Waals surface area contributed by atoms with Crippen molar-refractivity contribution >= 4 is 17.0 Å². The zero-order valence-electron chi connectivity index (χ0n) is 9.56. The number of hydrogen-bond acceptors (Lipinski definition) is 5. The summed E-state index contributed by atoms with van der Waals surface area (Å²) in [5.41, 5.74) is 0.378. The molecule has 6 nitrogen and oxygen atoms in total. The summed E-state index contributed by atoms with van der Waals surface area (Å²) in [4.78, 5) is 22.2. The van der Waals surface area contributed by atoms with Gasteiger partial charge in [0.25, 0.3) is 0 Å². The van der Waals surface area contributed by atoms with E-state index in [1.54, 1.807) is 19.4 Å². The number of fused-ring (bicyclic) bond motifs is 1. The first-order valence-corrected chi connectivity index (χ1v) is 5.38. The molecule has 0 saturated carbocycles. The SMILES string of the molecule is COCCCNc1ncc2ccc(=O)[nH]c2n1. The van der Waals surface area contributed by atoms with Gasteiger partial charge in [0.15, 0.2) is 0 Å². The lowest BCUT2D eigenvalue weighted by atomic mass is 10.3. The largest absolute Gasteiger partial charge is 0.385 e. The molecule has 0 fully saturated rings. The Labute approximate surface area is 98.1 Å². The molecular weight excluding hydrogens is 220 g/mol. The number of aromatic nitrogens is 3. The van der Waals surface area contributed by atoms with E-state index in [1.165, 1.54) is 6.07 Å². The molecule has 6 heteroatoms. The number of ether oxygens (including phenoxy) is 1. The summed E-state index contributed by atoms with van der Waals surface area (Å²) in [6.45, 7) is 1.42. The van der Waals surface area contributed by atoms with Crippen LogP contribution in [0.3, 0.4) is 0 Å². The van der Waals surface area contributed by atoms with Crippen LogP contribution in [-0.4, -0.2) is 35.2 Å². The minimum Gasteiger partial charge on any atom is -0.385 e. The zero-order valence-corrected chi connectivity index (χ0v) is 9.56. The number of methoxy groups -OCH3 is 1. The van der Waals surface area contributed by atoms with Crippen LogP contribution in [-0.2, 0) is 4.74 Å². The Balaban J connectivity index is 2.11. The summed E-state index contributed by atoms with van der Waals surface area (Å²) in [7, 11) is 1.66. The average molecular weight is 234 g/mol. The van der Waals surface area contributed by atoms with Gasteiger partial charge < -0.3 is 15.0 Å². The third-order valence-electron chi connectivity index (χ3n) is 2.28. The highest BCUT2D eigenvalue weighted by Gasteiger charge is 1.99. The van der Waals surface area contributed by atoms with Crippen LogP contribution in [0, 0.1) is 0 Å². The number of rotatable bonds is 5. The molecule has 0 spiro atoms. The molecule has 0 aliphatic rings. The molecule has 0 amide bonds. The Kier molecular flexibility index (Phi) is 3.66. The highest BCUT2D eigenvalue weighted by molar-refractivity contribution is 5.74. The second kappa shape index (κ2) is 5.40. The molecule has 2 rings (SSSR count). The standard InChI is InChI=1S/C11H14N4O2/c1-17-6-2-5-12-11-13-7-8-3-4-9(16)14-10(8)15-11/h3-4,7H,2,5-6H2,1H3,(H2,12,13,14,15,16). The van der Waals surface area contributed by atoms with Crippen LogP contribution in [0.15, 0.2) is 23.1 Å². The Hall–Kier alpha value is -1.95. The van der Waals surface area contributed by atoms with Gasteiger partial charge in [-0.3, -0.25) is 4.79 Å². The first-order valence-electron chi connectivity index (χ1n) is 5.38. The number of nitrogens with one attached hydrogen (secondary N) is 2. The molecule has 0 saturated heterocycles. The Morgan fingerprint density at radius 2 is 2.35 bits per heavy atom. The Morgan fingerprint density at radius 1 is 1.47 bits per heavy atom. The normalized spacial score (nSPS) is 10.6. The lowest BCUT2D eigenvalue weighted by Crippen LogP contribution is -2.09. The molecule has 2 N–H and O–H groups in total. The summed E-state index contributed by atoms with van der Waals surface area (Å²) >= 11 is 0. The van der Waals surface area contributed by atoms with Crippen molar-refractivity contribution in [3.63, 3.8) is 0 Å². The minimum atomic E-state index is -0.165. The summed E-state index contributed by atoms with van der Waals surface area (Å²) in [5.74, 6) is 0.510. The molecule has 0 bridgehead atoms. The molecule has 0 atom stereocenters. The van der Waals surface area contributed by atoms with E-state index in [4.69, 9.17) is 4.74 Å². The van der Waals surface area contributed by atoms with E-state index in [9.17, 15) is 4.79 Å². The molecule has 0 unspecified atom stereocenters. The average Bonchev–Trinajstić information content (AvgIpc) is 2.34. The van der Waals surface area contributed by atoms with Crippen LogP contribution in [0.2, 0.25) is 0 Å². The quantitative estimate of drug-likeness (QED) is 0.747. The van der Waals surface area contributed by atoms with E-state index in [2.05, 4.69) is 20.3 Å². The van der Waals surface area contributed by atoms with Crippen LogP contribution in [0.25, 0.3) is 11.0 Å². The van der Waals surface area contributed by atoms with E-state index in [0.29, 0.717) is 18.2 Å². The van der Waals surface area contributed by atoms with Gasteiger partial charge in [0, 0.05) is 37.9 Å². The van der Waals surface area contributed by atoms with Crippen molar-refractivity contribution in [3.8, 4) is 0 Å². The lowest BCUT2D eigenvalue weighted by Gasteiger charge is -2.04. The highest BCUT2D eigenvalue weighted by atomic mass is 16.5. The van der Waals surface area contributed by atoms with Crippen molar-refractivity contribution in [2.45, 2.75) is 6.42 Å². The number of hydrogen-bond donors (Lipinski definition) is 2. The van der Waals surface area contributed by atoms with Crippen molar-refractivity contribution in [1.29, 1.82) is 0 Å². The van der Waals surface area contributed by atoms with Crippen molar-refractivity contribution in [2.24, 2.45) is 0 Å². The minimum absolute atomic E-state index is 0.165. The predicted octanol–water partition coefficient (Wildman–Crippen LogP) is 0.766. The molecule has 2 aromatic heterocycles. The maximum atomic E-state index is 11.1. The number of H-pyrrole nitrogens is 1. The number of nitrogens with zero attached hydrogens (tertiary/aromatic N) is 2. The van der Waals surface area contributed by atoms with Crippen molar-refractivity contribution in [3.05, 3.63) is 28.7 Å². The molecule has 0 aliphatic heterocycles. The maximum absolute atomic E-state index is 11.1. The molecule has 0 radical (unpaired) electrons. The highest BCUT2D eigenvalue weighted by Crippen LogP contribution is 2.07. The van der Waals surface area contributed by atoms with Crippen LogP contribution in [0.5, 0.6) is 0 Å². The maximum Gasteiger partial charge on any atom is 0.249 e. The zero-order chi connectivity index (χ0) is 12.1. The smallest absolute Gasteiger partial charge is 0.249 e. The second-order valence-electron chi connectivity index (χ2n) is 3.59. The monoisotopic (exact) mass is 234 g/mol. The van der Waals surface area contributed by atoms with Crippen LogP contribution in [0.1, 0.15) is 6.42 Å². The summed E-state index contributed by atoms with van der Waals surface area (Å²) in [5, 5.41) is 3.88. The number of aromatic amines is 1. The predicted molar refractivity (Wildman–Crippen MR) is 65.1 cm³/mol.